The maximum absolute atomic E-state index is 13.1. The van der Waals surface area contributed by atoms with Gasteiger partial charge in [0.1, 0.15) is 5.83 Å². The van der Waals surface area contributed by atoms with Crippen molar-refractivity contribution in [2.24, 2.45) is 11.8 Å². The van der Waals surface area contributed by atoms with Gasteiger partial charge in [-0.2, -0.15) is 0 Å². The molecule has 2 rings (SSSR count). The van der Waals surface area contributed by atoms with E-state index in [0.29, 0.717) is 5.92 Å². The fourth-order valence-corrected chi connectivity index (χ4v) is 2.30. The van der Waals surface area contributed by atoms with Gasteiger partial charge in [0.25, 0.3) is 0 Å². The summed E-state index contributed by atoms with van der Waals surface area (Å²) in [7, 11) is 0. The van der Waals surface area contributed by atoms with Gasteiger partial charge in [0, 0.05) is 12.5 Å². The van der Waals surface area contributed by atoms with Crippen molar-refractivity contribution in [2.45, 2.75) is 26.3 Å². The molecule has 2 heteroatoms. The van der Waals surface area contributed by atoms with Crippen molar-refractivity contribution in [1.82, 2.24) is 4.90 Å². The maximum Gasteiger partial charge on any atom is 0.119 e. The minimum Gasteiger partial charge on any atom is -0.368 e. The van der Waals surface area contributed by atoms with E-state index in [4.69, 9.17) is 0 Å². The van der Waals surface area contributed by atoms with E-state index >= 15 is 0 Å². The Morgan fingerprint density at radius 1 is 1.53 bits per heavy atom. The molecule has 2 unspecified atom stereocenters. The van der Waals surface area contributed by atoms with E-state index in [0.717, 1.165) is 6.54 Å². The standard InChI is InChI=1S/C13H18FN/c1-10(2)9-15-7-5-11-8-12(14)4-6-13(11,15)3/h4-8,10-11H,9H2,1-3H3. The molecule has 0 radical (unpaired) electrons. The second-order valence-corrected chi connectivity index (χ2v) is 5.02. The number of nitrogens with zero attached hydrogens (tertiary/aromatic N) is 1. The first-order valence-corrected chi connectivity index (χ1v) is 5.54. The smallest absolute Gasteiger partial charge is 0.119 e. The predicted molar refractivity (Wildman–Crippen MR) is 60.9 cm³/mol. The zero-order chi connectivity index (χ0) is 11.1. The van der Waals surface area contributed by atoms with E-state index in [1.807, 2.05) is 6.08 Å². The van der Waals surface area contributed by atoms with E-state index in [9.17, 15) is 4.39 Å². The number of rotatable bonds is 2. The summed E-state index contributed by atoms with van der Waals surface area (Å²) in [5, 5.41) is 0. The molecular weight excluding hydrogens is 189 g/mol. The van der Waals surface area contributed by atoms with Crippen molar-refractivity contribution in [3.05, 3.63) is 36.3 Å². The SMILES string of the molecule is CC(C)CN1C=CC2C=C(F)C=CC21C. The Morgan fingerprint density at radius 2 is 2.27 bits per heavy atom. The summed E-state index contributed by atoms with van der Waals surface area (Å²) in [6.07, 6.45) is 9.46. The van der Waals surface area contributed by atoms with Crippen LogP contribution in [0.4, 0.5) is 4.39 Å². The van der Waals surface area contributed by atoms with Crippen LogP contribution in [0, 0.1) is 11.8 Å². The van der Waals surface area contributed by atoms with Crippen LogP contribution in [0.3, 0.4) is 0 Å². The van der Waals surface area contributed by atoms with Crippen LogP contribution in [0.25, 0.3) is 0 Å². The molecule has 0 saturated carbocycles. The minimum absolute atomic E-state index is 0.0557. The van der Waals surface area contributed by atoms with E-state index in [2.05, 4.69) is 37.9 Å². The van der Waals surface area contributed by atoms with Gasteiger partial charge in [-0.15, -0.1) is 0 Å². The minimum atomic E-state index is -0.117. The van der Waals surface area contributed by atoms with Crippen molar-refractivity contribution in [1.29, 1.82) is 0 Å². The van der Waals surface area contributed by atoms with Gasteiger partial charge in [0.05, 0.1) is 5.54 Å². The quantitative estimate of drug-likeness (QED) is 0.671. The van der Waals surface area contributed by atoms with Crippen LogP contribution in [0.1, 0.15) is 20.8 Å². The molecule has 0 saturated heterocycles. The molecule has 0 aromatic carbocycles. The Bertz CT molecular complexity index is 340. The van der Waals surface area contributed by atoms with Gasteiger partial charge in [-0.3, -0.25) is 0 Å². The summed E-state index contributed by atoms with van der Waals surface area (Å²) in [4.78, 5) is 2.31. The molecule has 0 N–H and O–H groups in total. The van der Waals surface area contributed by atoms with Crippen LogP contribution in [0.2, 0.25) is 0 Å². The molecule has 0 fully saturated rings. The predicted octanol–water partition coefficient (Wildman–Crippen LogP) is 3.27. The normalized spacial score (nSPS) is 33.5. The average molecular weight is 207 g/mol. The first kappa shape index (κ1) is 10.5. The number of fused-ring (bicyclic) bond motifs is 1. The third-order valence-corrected chi connectivity index (χ3v) is 3.25. The molecule has 1 heterocycles. The number of halogens is 1. The number of allylic oxidation sites excluding steroid dienone is 2. The van der Waals surface area contributed by atoms with Gasteiger partial charge in [-0.25, -0.2) is 4.39 Å². The number of hydrogen-bond donors (Lipinski definition) is 0. The van der Waals surface area contributed by atoms with Crippen molar-refractivity contribution >= 4 is 0 Å². The molecule has 82 valence electrons. The molecule has 1 aliphatic carbocycles. The van der Waals surface area contributed by atoms with Gasteiger partial charge >= 0.3 is 0 Å². The van der Waals surface area contributed by atoms with E-state index in [-0.39, 0.29) is 17.3 Å². The second kappa shape index (κ2) is 3.51. The van der Waals surface area contributed by atoms with Crippen molar-refractivity contribution < 1.29 is 4.39 Å². The summed E-state index contributed by atoms with van der Waals surface area (Å²) in [5.74, 6) is 0.684. The van der Waals surface area contributed by atoms with Crippen molar-refractivity contribution in [3.8, 4) is 0 Å². The van der Waals surface area contributed by atoms with Crippen LogP contribution < -0.4 is 0 Å². The van der Waals surface area contributed by atoms with Crippen LogP contribution >= 0.6 is 0 Å². The first-order chi connectivity index (χ1) is 7.02. The molecule has 15 heavy (non-hydrogen) atoms. The molecule has 1 nitrogen and oxygen atoms in total. The van der Waals surface area contributed by atoms with Crippen LogP contribution in [0.5, 0.6) is 0 Å². The van der Waals surface area contributed by atoms with E-state index in [1.165, 1.54) is 0 Å². The van der Waals surface area contributed by atoms with Gasteiger partial charge in [-0.1, -0.05) is 26.0 Å². The van der Waals surface area contributed by atoms with E-state index in [1.54, 1.807) is 12.2 Å². The van der Waals surface area contributed by atoms with Gasteiger partial charge in [0.15, 0.2) is 0 Å². The summed E-state index contributed by atoms with van der Waals surface area (Å²) in [5.41, 5.74) is -0.0557. The van der Waals surface area contributed by atoms with Crippen molar-refractivity contribution in [2.75, 3.05) is 6.54 Å². The summed E-state index contributed by atoms with van der Waals surface area (Å²) in [6, 6.07) is 0. The largest absolute Gasteiger partial charge is 0.368 e. The second-order valence-electron chi connectivity index (χ2n) is 5.02. The lowest BCUT2D eigenvalue weighted by molar-refractivity contribution is 0.189. The molecule has 2 atom stereocenters. The zero-order valence-corrected chi connectivity index (χ0v) is 9.57. The fraction of sp³-hybridized carbons (Fsp3) is 0.538. The van der Waals surface area contributed by atoms with Crippen LogP contribution in [0.15, 0.2) is 36.3 Å². The Hall–Kier alpha value is -1.05. The Kier molecular flexibility index (Phi) is 2.45. The third-order valence-electron chi connectivity index (χ3n) is 3.25. The lowest BCUT2D eigenvalue weighted by Crippen LogP contribution is -2.45. The Morgan fingerprint density at radius 3 is 2.93 bits per heavy atom. The summed E-state index contributed by atoms with van der Waals surface area (Å²) < 4.78 is 13.1. The summed E-state index contributed by atoms with van der Waals surface area (Å²) >= 11 is 0. The molecule has 0 bridgehead atoms. The maximum atomic E-state index is 13.1. The molecule has 0 spiro atoms. The highest BCUT2D eigenvalue weighted by Crippen LogP contribution is 2.38. The lowest BCUT2D eigenvalue weighted by Gasteiger charge is -2.39. The Labute approximate surface area is 91.0 Å². The third kappa shape index (κ3) is 1.73. The lowest BCUT2D eigenvalue weighted by atomic mass is 9.83. The molecule has 0 amide bonds. The highest BCUT2D eigenvalue weighted by atomic mass is 19.1. The van der Waals surface area contributed by atoms with Crippen LogP contribution in [-0.4, -0.2) is 17.0 Å². The molecule has 2 aliphatic rings. The molecular formula is C13H18FN. The van der Waals surface area contributed by atoms with E-state index < -0.39 is 0 Å². The first-order valence-electron chi connectivity index (χ1n) is 5.54. The monoisotopic (exact) mass is 207 g/mol. The number of hydrogen-bond acceptors (Lipinski definition) is 1. The van der Waals surface area contributed by atoms with Crippen LogP contribution in [-0.2, 0) is 0 Å². The highest BCUT2D eigenvalue weighted by molar-refractivity contribution is 5.34. The zero-order valence-electron chi connectivity index (χ0n) is 9.57. The molecule has 0 aromatic heterocycles. The average Bonchev–Trinajstić information content (AvgIpc) is 2.44. The van der Waals surface area contributed by atoms with Gasteiger partial charge < -0.3 is 4.90 Å². The summed E-state index contributed by atoms with van der Waals surface area (Å²) in [6.45, 7) is 7.59. The molecule has 0 aromatic rings. The van der Waals surface area contributed by atoms with Gasteiger partial charge in [0.2, 0.25) is 0 Å². The van der Waals surface area contributed by atoms with Gasteiger partial charge in [-0.05, 0) is 31.2 Å². The highest BCUT2D eigenvalue weighted by Gasteiger charge is 2.39. The Balaban J connectivity index is 2.21. The topological polar surface area (TPSA) is 3.24 Å². The van der Waals surface area contributed by atoms with Crippen molar-refractivity contribution in [3.63, 3.8) is 0 Å². The fourth-order valence-electron chi connectivity index (χ4n) is 2.30. The molecule has 1 aliphatic heterocycles.